The first-order valence-electron chi connectivity index (χ1n) is 12.4. The van der Waals surface area contributed by atoms with Crippen LogP contribution in [0.25, 0.3) is 27.8 Å². The molecule has 0 spiro atoms. The van der Waals surface area contributed by atoms with Gasteiger partial charge in [0.05, 0.1) is 12.5 Å². The molecule has 10 nitrogen and oxygen atoms in total. The van der Waals surface area contributed by atoms with Crippen molar-refractivity contribution in [2.24, 2.45) is 5.92 Å². The zero-order chi connectivity index (χ0) is 23.9. The van der Waals surface area contributed by atoms with Crippen LogP contribution in [-0.2, 0) is 4.79 Å². The van der Waals surface area contributed by atoms with Crippen LogP contribution < -0.4 is 10.1 Å². The zero-order valence-corrected chi connectivity index (χ0v) is 20.1. The van der Waals surface area contributed by atoms with Gasteiger partial charge in [-0.25, -0.2) is 0 Å². The first-order valence-corrected chi connectivity index (χ1v) is 12.4. The number of nitrogens with one attached hydrogen (secondary N) is 2. The standard InChI is InChI=1S/C25H30N8O2/c1-15-30-31-20-10-7-17(14-33(15)20)19-13-26-22-21(19)23(35-2)29-25(28-22)27-18-8-5-16(6-9-18)24(34)32-11-3-4-12-32/h7,10,13-14,16,18H,3-6,8-9,11-12H2,1-2H3,(H2,26,27,28,29). The molecule has 5 heterocycles. The number of aryl methyl sites for hydroxylation is 1. The second kappa shape index (κ2) is 8.83. The maximum atomic E-state index is 12.7. The minimum absolute atomic E-state index is 0.154. The minimum Gasteiger partial charge on any atom is -0.480 e. The number of hydrogen-bond donors (Lipinski definition) is 2. The van der Waals surface area contributed by atoms with Crippen molar-refractivity contribution in [3.05, 3.63) is 30.4 Å². The van der Waals surface area contributed by atoms with E-state index < -0.39 is 0 Å². The molecule has 4 aromatic rings. The number of aromatic amines is 1. The number of hydrogen-bond acceptors (Lipinski definition) is 7. The molecular weight excluding hydrogens is 444 g/mol. The summed E-state index contributed by atoms with van der Waals surface area (Å²) in [5.74, 6) is 2.39. The largest absolute Gasteiger partial charge is 0.480 e. The molecule has 1 saturated heterocycles. The summed E-state index contributed by atoms with van der Waals surface area (Å²) in [4.78, 5) is 27.5. The predicted octanol–water partition coefficient (Wildman–Crippen LogP) is 3.58. The lowest BCUT2D eigenvalue weighted by Crippen LogP contribution is -2.37. The van der Waals surface area contributed by atoms with Crippen LogP contribution in [0.4, 0.5) is 5.95 Å². The molecule has 0 radical (unpaired) electrons. The first kappa shape index (κ1) is 21.8. The number of anilines is 1. The van der Waals surface area contributed by atoms with E-state index in [0.717, 1.165) is 79.6 Å². The molecule has 1 saturated carbocycles. The number of ether oxygens (including phenoxy) is 1. The van der Waals surface area contributed by atoms with Crippen LogP contribution in [0.2, 0.25) is 0 Å². The van der Waals surface area contributed by atoms with Gasteiger partial charge in [-0.2, -0.15) is 9.97 Å². The molecule has 6 rings (SSSR count). The van der Waals surface area contributed by atoms with Gasteiger partial charge in [0.2, 0.25) is 17.7 Å². The SMILES string of the molecule is COc1nc(NC2CCC(C(=O)N3CCCC3)CC2)nc2[nH]cc(-c3ccc4nnc(C)n4c3)c12. The number of amides is 1. The highest BCUT2D eigenvalue weighted by atomic mass is 16.5. The second-order valence-corrected chi connectivity index (χ2v) is 9.60. The van der Waals surface area contributed by atoms with E-state index in [1.165, 1.54) is 0 Å². The van der Waals surface area contributed by atoms with Crippen molar-refractivity contribution in [1.29, 1.82) is 0 Å². The number of aromatic nitrogens is 6. The Labute approximate surface area is 203 Å². The number of carbonyl (C=O) groups excluding carboxylic acids is 1. The lowest BCUT2D eigenvalue weighted by Gasteiger charge is -2.30. The molecule has 0 bridgehead atoms. The Morgan fingerprint density at radius 3 is 2.69 bits per heavy atom. The summed E-state index contributed by atoms with van der Waals surface area (Å²) in [6, 6.07) is 4.20. The predicted molar refractivity (Wildman–Crippen MR) is 132 cm³/mol. The lowest BCUT2D eigenvalue weighted by atomic mass is 9.85. The molecule has 1 aliphatic heterocycles. The Bertz CT molecular complexity index is 1380. The fraction of sp³-hybridized carbons (Fsp3) is 0.480. The third-order valence-corrected chi connectivity index (χ3v) is 7.40. The number of H-pyrrole nitrogens is 1. The smallest absolute Gasteiger partial charge is 0.228 e. The molecule has 182 valence electrons. The zero-order valence-electron chi connectivity index (χ0n) is 20.1. The van der Waals surface area contributed by atoms with Crippen LogP contribution >= 0.6 is 0 Å². The van der Waals surface area contributed by atoms with Gasteiger partial charge in [0.1, 0.15) is 11.5 Å². The average molecular weight is 475 g/mol. The van der Waals surface area contributed by atoms with Crippen molar-refractivity contribution in [2.75, 3.05) is 25.5 Å². The first-order chi connectivity index (χ1) is 17.1. The van der Waals surface area contributed by atoms with Gasteiger partial charge in [-0.15, -0.1) is 10.2 Å². The molecule has 0 aromatic carbocycles. The van der Waals surface area contributed by atoms with Crippen molar-refractivity contribution >= 4 is 28.5 Å². The quantitative estimate of drug-likeness (QED) is 0.454. The van der Waals surface area contributed by atoms with Crippen LogP contribution in [0.3, 0.4) is 0 Å². The van der Waals surface area contributed by atoms with Crippen LogP contribution in [0, 0.1) is 12.8 Å². The van der Waals surface area contributed by atoms with Gasteiger partial charge in [0, 0.05) is 48.6 Å². The van der Waals surface area contributed by atoms with Gasteiger partial charge < -0.3 is 19.9 Å². The highest BCUT2D eigenvalue weighted by Gasteiger charge is 2.31. The highest BCUT2D eigenvalue weighted by molar-refractivity contribution is 5.97. The van der Waals surface area contributed by atoms with Gasteiger partial charge in [-0.3, -0.25) is 9.20 Å². The maximum Gasteiger partial charge on any atom is 0.228 e. The Morgan fingerprint density at radius 2 is 1.91 bits per heavy atom. The molecule has 10 heteroatoms. The maximum absolute atomic E-state index is 12.7. The monoisotopic (exact) mass is 474 g/mol. The van der Waals surface area contributed by atoms with E-state index in [2.05, 4.69) is 25.5 Å². The molecule has 4 aromatic heterocycles. The summed E-state index contributed by atoms with van der Waals surface area (Å²) < 4.78 is 7.65. The number of methoxy groups -OCH3 is 1. The van der Waals surface area contributed by atoms with E-state index in [1.54, 1.807) is 7.11 Å². The molecule has 1 aliphatic carbocycles. The molecular formula is C25H30N8O2. The van der Waals surface area contributed by atoms with Gasteiger partial charge in [0.25, 0.3) is 0 Å². The summed E-state index contributed by atoms with van der Waals surface area (Å²) >= 11 is 0. The molecule has 0 unspecified atom stereocenters. The molecule has 2 fully saturated rings. The number of pyridine rings is 1. The fourth-order valence-electron chi connectivity index (χ4n) is 5.47. The molecule has 2 aliphatic rings. The summed E-state index contributed by atoms with van der Waals surface area (Å²) in [6.45, 7) is 3.78. The number of likely N-dealkylation sites (tertiary alicyclic amines) is 1. The van der Waals surface area contributed by atoms with Gasteiger partial charge in [-0.05, 0) is 57.6 Å². The Balaban J connectivity index is 1.21. The highest BCUT2D eigenvalue weighted by Crippen LogP contribution is 2.35. The van der Waals surface area contributed by atoms with E-state index >= 15 is 0 Å². The lowest BCUT2D eigenvalue weighted by molar-refractivity contribution is -0.135. The van der Waals surface area contributed by atoms with Crippen molar-refractivity contribution in [1.82, 2.24) is 34.4 Å². The van der Waals surface area contributed by atoms with Crippen molar-refractivity contribution < 1.29 is 9.53 Å². The van der Waals surface area contributed by atoms with E-state index in [-0.39, 0.29) is 12.0 Å². The molecule has 35 heavy (non-hydrogen) atoms. The van der Waals surface area contributed by atoms with E-state index in [1.807, 2.05) is 40.8 Å². The number of nitrogens with zero attached hydrogens (tertiary/aromatic N) is 6. The summed E-state index contributed by atoms with van der Waals surface area (Å²) in [6.07, 6.45) is 9.90. The summed E-state index contributed by atoms with van der Waals surface area (Å²) in [7, 11) is 1.63. The van der Waals surface area contributed by atoms with Crippen LogP contribution in [0.5, 0.6) is 5.88 Å². The Hall–Kier alpha value is -3.69. The van der Waals surface area contributed by atoms with Crippen molar-refractivity contribution in [3.8, 4) is 17.0 Å². The number of rotatable bonds is 5. The van der Waals surface area contributed by atoms with E-state index in [4.69, 9.17) is 9.72 Å². The third-order valence-electron chi connectivity index (χ3n) is 7.40. The topological polar surface area (TPSA) is 113 Å². The third kappa shape index (κ3) is 3.96. The molecule has 2 N–H and O–H groups in total. The van der Waals surface area contributed by atoms with Gasteiger partial charge in [0.15, 0.2) is 5.65 Å². The second-order valence-electron chi connectivity index (χ2n) is 9.60. The van der Waals surface area contributed by atoms with Gasteiger partial charge >= 0.3 is 0 Å². The van der Waals surface area contributed by atoms with E-state index in [0.29, 0.717) is 23.4 Å². The minimum atomic E-state index is 0.154. The van der Waals surface area contributed by atoms with E-state index in [9.17, 15) is 4.79 Å². The summed E-state index contributed by atoms with van der Waals surface area (Å²) in [5, 5.41) is 12.6. The number of carbonyl (C=O) groups is 1. The Morgan fingerprint density at radius 1 is 1.11 bits per heavy atom. The Kier molecular flexibility index (Phi) is 5.50. The van der Waals surface area contributed by atoms with Crippen LogP contribution in [0.15, 0.2) is 24.5 Å². The van der Waals surface area contributed by atoms with Crippen molar-refractivity contribution in [3.63, 3.8) is 0 Å². The fourth-order valence-corrected chi connectivity index (χ4v) is 5.47. The molecule has 0 atom stereocenters. The van der Waals surface area contributed by atoms with Crippen molar-refractivity contribution in [2.45, 2.75) is 51.5 Å². The van der Waals surface area contributed by atoms with Crippen LogP contribution in [-0.4, -0.2) is 66.6 Å². The number of fused-ring (bicyclic) bond motifs is 2. The average Bonchev–Trinajstić information content (AvgIpc) is 3.64. The summed E-state index contributed by atoms with van der Waals surface area (Å²) in [5.41, 5.74) is 3.47. The van der Waals surface area contributed by atoms with Crippen LogP contribution in [0.1, 0.15) is 44.3 Å². The van der Waals surface area contributed by atoms with Gasteiger partial charge in [-0.1, -0.05) is 0 Å². The molecule has 1 amide bonds. The normalized spacial score (nSPS) is 20.6.